The van der Waals surface area contributed by atoms with E-state index in [4.69, 9.17) is 4.12 Å². The topological polar surface area (TPSA) is 47.6 Å². The highest BCUT2D eigenvalue weighted by Gasteiger charge is 2.00. The van der Waals surface area contributed by atoms with Crippen molar-refractivity contribution in [1.82, 2.24) is 4.98 Å². The smallest absolute Gasteiger partial charge is 0.400 e. The molecule has 0 heterocycles. The number of rotatable bonds is 4. The maximum Gasteiger partial charge on any atom is 0.400 e. The van der Waals surface area contributed by atoms with Crippen molar-refractivity contribution in [1.29, 1.82) is 0 Å². The molecular formula is C5H15NO3Si2. The molecule has 0 bridgehead atoms. The van der Waals surface area contributed by atoms with E-state index in [0.717, 1.165) is 0 Å². The lowest BCUT2D eigenvalue weighted by Crippen LogP contribution is -2.32. The molecule has 0 rings (SSSR count). The average molecular weight is 193 g/mol. The quantitative estimate of drug-likeness (QED) is 0.625. The van der Waals surface area contributed by atoms with Gasteiger partial charge in [0.05, 0.1) is 6.61 Å². The Labute approximate surface area is 71.0 Å². The highest BCUT2D eigenvalue weighted by molar-refractivity contribution is 6.56. The summed E-state index contributed by atoms with van der Waals surface area (Å²) in [6, 6.07) is 0. The van der Waals surface area contributed by atoms with Gasteiger partial charge < -0.3 is 13.8 Å². The number of carbonyl (C=O) groups excluding carboxylic acids is 1. The molecular weight excluding hydrogens is 178 g/mol. The lowest BCUT2D eigenvalue weighted by atomic mass is 10.9. The number of carbonyl (C=O) groups is 1. The van der Waals surface area contributed by atoms with E-state index in [9.17, 15) is 4.79 Å². The second-order valence-electron chi connectivity index (χ2n) is 2.26. The van der Waals surface area contributed by atoms with E-state index in [-0.39, 0.29) is 6.09 Å². The minimum Gasteiger partial charge on any atom is -0.450 e. The van der Waals surface area contributed by atoms with Crippen molar-refractivity contribution in [2.75, 3.05) is 6.61 Å². The molecule has 0 saturated heterocycles. The van der Waals surface area contributed by atoms with Gasteiger partial charge >= 0.3 is 6.09 Å². The summed E-state index contributed by atoms with van der Waals surface area (Å²) >= 11 is 0. The fourth-order valence-corrected chi connectivity index (χ4v) is 2.34. The third-order valence-corrected chi connectivity index (χ3v) is 4.67. The van der Waals surface area contributed by atoms with Gasteiger partial charge in [-0.1, -0.05) is 0 Å². The summed E-state index contributed by atoms with van der Waals surface area (Å²) < 4.78 is 9.97. The van der Waals surface area contributed by atoms with Crippen molar-refractivity contribution >= 4 is 25.1 Å². The van der Waals surface area contributed by atoms with Crippen LogP contribution in [0.2, 0.25) is 13.1 Å². The lowest BCUT2D eigenvalue weighted by Gasteiger charge is -2.07. The van der Waals surface area contributed by atoms with Gasteiger partial charge in [-0.2, -0.15) is 0 Å². The van der Waals surface area contributed by atoms with Crippen LogP contribution in [0.3, 0.4) is 0 Å². The molecule has 66 valence electrons. The number of nitrogens with one attached hydrogen (secondary N) is 1. The van der Waals surface area contributed by atoms with Gasteiger partial charge in [0.25, 0.3) is 9.92 Å². The normalized spacial score (nSPS) is 10.9. The first-order valence-corrected chi connectivity index (χ1v) is 7.75. The molecule has 0 saturated carbocycles. The predicted molar refractivity (Wildman–Crippen MR) is 48.7 cm³/mol. The molecule has 0 unspecified atom stereocenters. The Morgan fingerprint density at radius 2 is 2.27 bits per heavy atom. The first-order chi connectivity index (χ1) is 5.16. The Morgan fingerprint density at radius 3 is 2.73 bits per heavy atom. The van der Waals surface area contributed by atoms with Crippen molar-refractivity contribution in [2.45, 2.75) is 20.0 Å². The van der Waals surface area contributed by atoms with Gasteiger partial charge in [-0.15, -0.1) is 0 Å². The van der Waals surface area contributed by atoms with Gasteiger partial charge in [0.2, 0.25) is 0 Å². The molecule has 0 aliphatic rings. The summed E-state index contributed by atoms with van der Waals surface area (Å²) in [4.78, 5) is 13.3. The summed E-state index contributed by atoms with van der Waals surface area (Å²) in [6.07, 6.45) is -0.353. The predicted octanol–water partition coefficient (Wildman–Crippen LogP) is -0.269. The number of amides is 1. The van der Waals surface area contributed by atoms with Crippen LogP contribution in [-0.2, 0) is 8.85 Å². The van der Waals surface area contributed by atoms with E-state index in [1.807, 2.05) is 0 Å². The van der Waals surface area contributed by atoms with E-state index in [0.29, 0.717) is 6.61 Å². The number of hydrogen-bond donors (Lipinski definition) is 1. The van der Waals surface area contributed by atoms with Crippen LogP contribution in [0.15, 0.2) is 0 Å². The van der Waals surface area contributed by atoms with Crippen LogP contribution in [0, 0.1) is 0 Å². The Morgan fingerprint density at radius 1 is 1.64 bits per heavy atom. The summed E-state index contributed by atoms with van der Waals surface area (Å²) in [5.74, 6) is 0. The van der Waals surface area contributed by atoms with Crippen molar-refractivity contribution in [3.05, 3.63) is 0 Å². The van der Waals surface area contributed by atoms with E-state index in [1.165, 1.54) is 0 Å². The molecule has 0 fully saturated rings. The van der Waals surface area contributed by atoms with Gasteiger partial charge in [-0.05, 0) is 20.0 Å². The summed E-state index contributed by atoms with van der Waals surface area (Å²) in [5, 5.41) is 0. The Bertz CT molecular complexity index is 120. The number of ether oxygens (including phenoxy) is 1. The Hall–Kier alpha value is -0.336. The zero-order valence-electron chi connectivity index (χ0n) is 7.22. The maximum absolute atomic E-state index is 10.7. The maximum atomic E-state index is 10.7. The van der Waals surface area contributed by atoms with Crippen molar-refractivity contribution in [2.24, 2.45) is 0 Å². The molecule has 0 aliphatic carbocycles. The SMILES string of the molecule is CCOC(=O)N[SiH2]O[SiH](C)C. The Balaban J connectivity index is 3.17. The van der Waals surface area contributed by atoms with E-state index >= 15 is 0 Å². The minimum absolute atomic E-state index is 0.353. The van der Waals surface area contributed by atoms with Gasteiger partial charge in [0.1, 0.15) is 0 Å². The summed E-state index contributed by atoms with van der Waals surface area (Å²) in [6.45, 7) is 6.33. The third-order valence-electron chi connectivity index (χ3n) is 0.909. The van der Waals surface area contributed by atoms with Gasteiger partial charge in [-0.3, -0.25) is 0 Å². The van der Waals surface area contributed by atoms with Gasteiger partial charge in [0.15, 0.2) is 9.04 Å². The molecule has 11 heavy (non-hydrogen) atoms. The van der Waals surface area contributed by atoms with Crippen molar-refractivity contribution in [3.8, 4) is 0 Å². The fraction of sp³-hybridized carbons (Fsp3) is 0.800. The molecule has 0 aromatic rings. The molecule has 0 aromatic heterocycles. The Kier molecular flexibility index (Phi) is 6.18. The first kappa shape index (κ1) is 10.7. The van der Waals surface area contributed by atoms with Crippen molar-refractivity contribution in [3.63, 3.8) is 0 Å². The molecule has 0 spiro atoms. The largest absolute Gasteiger partial charge is 0.450 e. The molecule has 6 heteroatoms. The molecule has 1 N–H and O–H groups in total. The molecule has 4 nitrogen and oxygen atoms in total. The van der Waals surface area contributed by atoms with E-state index in [1.54, 1.807) is 6.92 Å². The van der Waals surface area contributed by atoms with Crippen molar-refractivity contribution < 1.29 is 13.6 Å². The average Bonchev–Trinajstić information content (AvgIpc) is 1.87. The van der Waals surface area contributed by atoms with Gasteiger partial charge in [0, 0.05) is 0 Å². The van der Waals surface area contributed by atoms with Gasteiger partial charge in [-0.25, -0.2) is 4.79 Å². The van der Waals surface area contributed by atoms with E-state index < -0.39 is 19.0 Å². The lowest BCUT2D eigenvalue weighted by molar-refractivity contribution is 0.158. The van der Waals surface area contributed by atoms with Crippen LogP contribution in [-0.4, -0.2) is 31.7 Å². The standard InChI is InChI=1S/C5H15NO3Si2/c1-4-8-5(7)6-10-9-11(2)3/h11H,4,10H2,1-3H3,(H,6,7). The number of hydrogen-bond acceptors (Lipinski definition) is 3. The van der Waals surface area contributed by atoms with Crippen LogP contribution in [0.5, 0.6) is 0 Å². The summed E-state index contributed by atoms with van der Waals surface area (Å²) in [7, 11) is -1.82. The molecule has 0 atom stereocenters. The van der Waals surface area contributed by atoms with Crippen LogP contribution in [0.25, 0.3) is 0 Å². The van der Waals surface area contributed by atoms with Crippen LogP contribution in [0.4, 0.5) is 4.79 Å². The van der Waals surface area contributed by atoms with Crippen LogP contribution in [0.1, 0.15) is 6.92 Å². The second kappa shape index (κ2) is 6.38. The zero-order valence-corrected chi connectivity index (χ0v) is 9.79. The highest BCUT2D eigenvalue weighted by atomic mass is 28.3. The molecule has 0 aromatic carbocycles. The fourth-order valence-electron chi connectivity index (χ4n) is 0.449. The molecule has 1 amide bonds. The third kappa shape index (κ3) is 7.56. The van der Waals surface area contributed by atoms with Crippen LogP contribution >= 0.6 is 0 Å². The van der Waals surface area contributed by atoms with E-state index in [2.05, 4.69) is 22.8 Å². The zero-order chi connectivity index (χ0) is 8.69. The minimum atomic E-state index is -0.958. The molecule has 0 radical (unpaired) electrons. The monoisotopic (exact) mass is 193 g/mol. The summed E-state index contributed by atoms with van der Waals surface area (Å²) in [5.41, 5.74) is 0. The first-order valence-electron chi connectivity index (χ1n) is 3.69. The molecule has 0 aliphatic heterocycles. The van der Waals surface area contributed by atoms with Crippen LogP contribution < -0.4 is 4.98 Å². The highest BCUT2D eigenvalue weighted by Crippen LogP contribution is 1.79. The second-order valence-corrected chi connectivity index (χ2v) is 6.33.